The Labute approximate surface area is 143 Å². The van der Waals surface area contributed by atoms with E-state index in [1.165, 1.54) is 6.92 Å². The molecule has 1 aromatic rings. The fourth-order valence-corrected chi connectivity index (χ4v) is 2.86. The van der Waals surface area contributed by atoms with E-state index in [4.69, 9.17) is 4.74 Å². The van der Waals surface area contributed by atoms with E-state index in [2.05, 4.69) is 15.0 Å². The van der Waals surface area contributed by atoms with Crippen LogP contribution < -0.4 is 10.1 Å². The molecule has 0 aromatic carbocycles. The lowest BCUT2D eigenvalue weighted by Crippen LogP contribution is -2.28. The van der Waals surface area contributed by atoms with Gasteiger partial charge in [0.1, 0.15) is 5.60 Å². The van der Waals surface area contributed by atoms with Crippen molar-refractivity contribution in [1.82, 2.24) is 9.55 Å². The van der Waals surface area contributed by atoms with Gasteiger partial charge in [-0.15, -0.1) is 0 Å². The summed E-state index contributed by atoms with van der Waals surface area (Å²) < 4.78 is 72.2. The smallest absolute Gasteiger partial charge is 0.413 e. The Hall–Kier alpha value is -1.98. The molecule has 1 atom stereocenters. The Balaban J connectivity index is 3.28. The van der Waals surface area contributed by atoms with Crippen molar-refractivity contribution in [2.75, 3.05) is 11.1 Å². The van der Waals surface area contributed by atoms with E-state index >= 15 is 0 Å². The van der Waals surface area contributed by atoms with Crippen molar-refractivity contribution in [1.29, 1.82) is 0 Å². The minimum Gasteiger partial charge on any atom is -0.444 e. The Morgan fingerprint density at radius 1 is 1.32 bits per heavy atom. The van der Waals surface area contributed by atoms with Crippen LogP contribution in [-0.4, -0.2) is 48.2 Å². The Kier molecular flexibility index (Phi) is 6.32. The fraction of sp³-hybridized carbons (Fsp3) is 0.692. The molecule has 1 unspecified atom stereocenters. The van der Waals surface area contributed by atoms with Crippen molar-refractivity contribution in [2.24, 2.45) is 7.05 Å². The molecule has 25 heavy (non-hydrogen) atoms. The molecule has 0 fully saturated rings. The highest BCUT2D eigenvalue weighted by Gasteiger charge is 2.31. The molecular formula is C13H20F3N3O5S. The van der Waals surface area contributed by atoms with Gasteiger partial charge in [-0.1, -0.05) is 6.92 Å². The van der Waals surface area contributed by atoms with Crippen molar-refractivity contribution < 1.29 is 35.9 Å². The molecule has 1 aromatic heterocycles. The lowest BCUT2D eigenvalue weighted by Gasteiger charge is -2.19. The number of halogens is 3. The number of nitrogens with zero attached hydrogens (tertiary/aromatic N) is 2. The topological polar surface area (TPSA) is 99.5 Å². The third-order valence-electron chi connectivity index (χ3n) is 2.71. The third-order valence-corrected chi connectivity index (χ3v) is 4.53. The van der Waals surface area contributed by atoms with Gasteiger partial charge in [-0.25, -0.2) is 22.0 Å². The zero-order chi connectivity index (χ0) is 19.6. The molecule has 1 amide bonds. The van der Waals surface area contributed by atoms with Crippen molar-refractivity contribution in [3.8, 4) is 6.01 Å². The fourth-order valence-electron chi connectivity index (χ4n) is 1.70. The maximum Gasteiger partial charge on any atom is 0.413 e. The highest BCUT2D eigenvalue weighted by molar-refractivity contribution is 7.91. The summed E-state index contributed by atoms with van der Waals surface area (Å²) in [5.74, 6) is -0.877. The molecule has 1 N–H and O–H groups in total. The number of sulfone groups is 1. The number of alkyl halides is 3. The molecule has 0 spiro atoms. The molecule has 0 aliphatic heterocycles. The number of carbonyl (C=O) groups is 1. The summed E-state index contributed by atoms with van der Waals surface area (Å²) in [4.78, 5) is 15.4. The number of aromatic nitrogens is 2. The molecule has 1 rings (SSSR count). The second-order valence-electron chi connectivity index (χ2n) is 5.94. The molecule has 12 heteroatoms. The molecule has 144 valence electrons. The second kappa shape index (κ2) is 7.50. The van der Waals surface area contributed by atoms with E-state index in [0.717, 1.165) is 11.6 Å². The van der Waals surface area contributed by atoms with Crippen LogP contribution in [0.5, 0.6) is 6.01 Å². The van der Waals surface area contributed by atoms with Crippen molar-refractivity contribution in [3.63, 3.8) is 0 Å². The van der Waals surface area contributed by atoms with Crippen molar-refractivity contribution in [2.45, 2.75) is 51.1 Å². The average molecular weight is 387 g/mol. The Morgan fingerprint density at radius 3 is 2.32 bits per heavy atom. The molecule has 0 bridgehead atoms. The number of ether oxygens (including phenoxy) is 2. The number of hydrogen-bond acceptors (Lipinski definition) is 6. The van der Waals surface area contributed by atoms with Crippen LogP contribution in [-0.2, 0) is 21.6 Å². The van der Waals surface area contributed by atoms with Gasteiger partial charge in [0, 0.05) is 7.05 Å². The van der Waals surface area contributed by atoms with Crippen LogP contribution >= 0.6 is 0 Å². The minimum absolute atomic E-state index is 0.372. The third kappa shape index (κ3) is 5.51. The Morgan fingerprint density at radius 2 is 1.88 bits per heavy atom. The first-order valence-electron chi connectivity index (χ1n) is 7.17. The standard InChI is InChI=1S/C13H20F3N3O5S/c1-6-25(21,22)10-9(18-12(20)24-13(2,3)4)17-11(19(10)5)23-8(16)7(14)15/h7-8H,6H2,1-5H3,(H,18,20). The van der Waals surface area contributed by atoms with Gasteiger partial charge in [0.25, 0.3) is 0 Å². The molecule has 0 aliphatic carbocycles. The second-order valence-corrected chi connectivity index (χ2v) is 8.13. The highest BCUT2D eigenvalue weighted by Crippen LogP contribution is 2.28. The van der Waals surface area contributed by atoms with Crippen molar-refractivity contribution >= 4 is 21.7 Å². The number of carbonyl (C=O) groups excluding carboxylic acids is 1. The Bertz CT molecular complexity index is 728. The molecule has 1 heterocycles. The number of rotatable bonds is 6. The predicted octanol–water partition coefficient (Wildman–Crippen LogP) is 2.50. The first kappa shape index (κ1) is 21.1. The molecular weight excluding hydrogens is 367 g/mol. The number of nitrogens with one attached hydrogen (secondary N) is 1. The summed E-state index contributed by atoms with van der Waals surface area (Å²) in [6, 6.07) is -0.731. The summed E-state index contributed by atoms with van der Waals surface area (Å²) in [7, 11) is -2.82. The summed E-state index contributed by atoms with van der Waals surface area (Å²) in [5.41, 5.74) is -0.873. The van der Waals surface area contributed by atoms with Gasteiger partial charge in [-0.05, 0) is 20.8 Å². The monoisotopic (exact) mass is 387 g/mol. The summed E-state index contributed by atoms with van der Waals surface area (Å²) >= 11 is 0. The number of imidazole rings is 1. The van der Waals surface area contributed by atoms with Gasteiger partial charge >= 0.3 is 24.9 Å². The predicted molar refractivity (Wildman–Crippen MR) is 82.3 cm³/mol. The molecule has 0 radical (unpaired) electrons. The van der Waals surface area contributed by atoms with Crippen LogP contribution in [0.25, 0.3) is 0 Å². The molecule has 0 saturated carbocycles. The number of hydrogen-bond donors (Lipinski definition) is 1. The van der Waals surface area contributed by atoms with E-state index in [-0.39, 0.29) is 5.75 Å². The van der Waals surface area contributed by atoms with Gasteiger partial charge in [-0.3, -0.25) is 9.88 Å². The minimum atomic E-state index is -3.94. The normalized spacial score (nSPS) is 13.6. The largest absolute Gasteiger partial charge is 0.444 e. The maximum absolute atomic E-state index is 13.1. The SMILES string of the molecule is CCS(=O)(=O)c1c(NC(=O)OC(C)(C)C)nc(OC(F)C(F)F)n1C. The molecule has 8 nitrogen and oxygen atoms in total. The van der Waals surface area contributed by atoms with E-state index in [1.807, 2.05) is 0 Å². The van der Waals surface area contributed by atoms with Gasteiger partial charge in [-0.2, -0.15) is 9.37 Å². The summed E-state index contributed by atoms with van der Waals surface area (Å²) in [6.45, 7) is 6.08. The zero-order valence-electron chi connectivity index (χ0n) is 14.3. The van der Waals surface area contributed by atoms with E-state index in [1.54, 1.807) is 20.8 Å². The number of amides is 1. The van der Waals surface area contributed by atoms with Crippen LogP contribution in [0.2, 0.25) is 0 Å². The van der Waals surface area contributed by atoms with Crippen LogP contribution in [0.15, 0.2) is 5.03 Å². The maximum atomic E-state index is 13.1. The van der Waals surface area contributed by atoms with Gasteiger partial charge < -0.3 is 9.47 Å². The zero-order valence-corrected chi connectivity index (χ0v) is 15.2. The number of anilines is 1. The van der Waals surface area contributed by atoms with Gasteiger partial charge in [0.2, 0.25) is 0 Å². The van der Waals surface area contributed by atoms with E-state index in [9.17, 15) is 26.4 Å². The van der Waals surface area contributed by atoms with E-state index < -0.39 is 51.2 Å². The van der Waals surface area contributed by atoms with Crippen LogP contribution in [0, 0.1) is 0 Å². The molecule has 0 saturated heterocycles. The van der Waals surface area contributed by atoms with Crippen LogP contribution in [0.4, 0.5) is 23.8 Å². The first-order valence-corrected chi connectivity index (χ1v) is 8.82. The average Bonchev–Trinajstić information content (AvgIpc) is 2.72. The summed E-state index contributed by atoms with van der Waals surface area (Å²) in [5, 5.41) is 1.59. The lowest BCUT2D eigenvalue weighted by atomic mass is 10.2. The van der Waals surface area contributed by atoms with Crippen molar-refractivity contribution in [3.05, 3.63) is 0 Å². The summed E-state index contributed by atoms with van der Waals surface area (Å²) in [6.07, 6.45) is -7.48. The van der Waals surface area contributed by atoms with Gasteiger partial charge in [0.15, 0.2) is 20.7 Å². The quantitative estimate of drug-likeness (QED) is 0.805. The van der Waals surface area contributed by atoms with Crippen LogP contribution in [0.3, 0.4) is 0 Å². The lowest BCUT2D eigenvalue weighted by molar-refractivity contribution is -0.0727. The molecule has 0 aliphatic rings. The van der Waals surface area contributed by atoms with Gasteiger partial charge in [0.05, 0.1) is 5.75 Å². The van der Waals surface area contributed by atoms with E-state index in [0.29, 0.717) is 0 Å². The first-order chi connectivity index (χ1) is 11.3. The van der Waals surface area contributed by atoms with Crippen LogP contribution in [0.1, 0.15) is 27.7 Å². The highest BCUT2D eigenvalue weighted by atomic mass is 32.2.